The van der Waals surface area contributed by atoms with Gasteiger partial charge in [0.25, 0.3) is 0 Å². The molecular weight excluding hydrogens is 300 g/mol. The fourth-order valence-electron chi connectivity index (χ4n) is 2.16. The molecular formula is C17H14O6. The highest BCUT2D eigenvalue weighted by Gasteiger charge is 2.20. The first kappa shape index (κ1) is 14.9. The molecule has 6 heteroatoms. The Kier molecular flexibility index (Phi) is 4.14. The van der Waals surface area contributed by atoms with Crippen LogP contribution in [0.3, 0.4) is 0 Å². The lowest BCUT2D eigenvalue weighted by Gasteiger charge is -2.09. The molecule has 0 saturated carbocycles. The molecule has 0 N–H and O–H groups in total. The minimum absolute atomic E-state index is 0.0771. The molecule has 6 nitrogen and oxygen atoms in total. The minimum atomic E-state index is -0.564. The number of rotatable bonds is 5. The van der Waals surface area contributed by atoms with Crippen LogP contribution in [0.25, 0.3) is 22.5 Å². The van der Waals surface area contributed by atoms with Gasteiger partial charge < -0.3 is 18.3 Å². The van der Waals surface area contributed by atoms with Crippen molar-refractivity contribution in [3.63, 3.8) is 0 Å². The van der Waals surface area contributed by atoms with Gasteiger partial charge in [0.15, 0.2) is 12.4 Å². The Balaban J connectivity index is 2.09. The zero-order valence-electron chi connectivity index (χ0n) is 12.4. The van der Waals surface area contributed by atoms with Gasteiger partial charge in [0.1, 0.15) is 5.58 Å². The smallest absolute Gasteiger partial charge is 0.344 e. The second-order valence-electron chi connectivity index (χ2n) is 4.66. The van der Waals surface area contributed by atoms with Crippen molar-refractivity contribution >= 4 is 16.9 Å². The molecule has 0 aliphatic rings. The van der Waals surface area contributed by atoms with Gasteiger partial charge in [-0.25, -0.2) is 4.79 Å². The molecule has 0 spiro atoms. The number of fused-ring (bicyclic) bond motifs is 1. The molecule has 0 unspecified atom stereocenters. The zero-order valence-corrected chi connectivity index (χ0v) is 12.4. The third-order valence-electron chi connectivity index (χ3n) is 3.14. The van der Waals surface area contributed by atoms with Crippen molar-refractivity contribution in [3.8, 4) is 17.3 Å². The number of hydrogen-bond donors (Lipinski definition) is 0. The molecule has 23 heavy (non-hydrogen) atoms. The SMILES string of the molecule is CCOC(=O)COc1c(-c2ccco2)oc2ccccc2c1=O. The van der Waals surface area contributed by atoms with E-state index in [1.54, 1.807) is 43.3 Å². The average Bonchev–Trinajstić information content (AvgIpc) is 3.08. The number of carbonyl (C=O) groups excluding carboxylic acids is 1. The maximum atomic E-state index is 12.6. The summed E-state index contributed by atoms with van der Waals surface area (Å²) in [6.07, 6.45) is 1.46. The van der Waals surface area contributed by atoms with Crippen molar-refractivity contribution in [3.05, 3.63) is 52.9 Å². The molecule has 3 aromatic rings. The van der Waals surface area contributed by atoms with E-state index in [0.717, 1.165) is 0 Å². The predicted octanol–water partition coefficient (Wildman–Crippen LogP) is 2.99. The molecule has 0 fully saturated rings. The lowest BCUT2D eigenvalue weighted by Crippen LogP contribution is -2.18. The number of carbonyl (C=O) groups is 1. The number of benzene rings is 1. The van der Waals surface area contributed by atoms with Crippen LogP contribution in [0.1, 0.15) is 6.92 Å². The molecule has 2 heterocycles. The summed E-state index contributed by atoms with van der Waals surface area (Å²) in [6.45, 7) is 1.54. The van der Waals surface area contributed by atoms with E-state index in [0.29, 0.717) is 16.7 Å². The Hall–Kier alpha value is -3.02. The molecule has 0 amide bonds. The standard InChI is InChI=1S/C17H14O6/c1-2-20-14(18)10-22-17-15(19)11-6-3-4-7-12(11)23-16(17)13-8-5-9-21-13/h3-9H,2,10H2,1H3. The highest BCUT2D eigenvalue weighted by Crippen LogP contribution is 2.31. The molecule has 3 rings (SSSR count). The Morgan fingerprint density at radius 2 is 2.00 bits per heavy atom. The van der Waals surface area contributed by atoms with Gasteiger partial charge in [-0.1, -0.05) is 12.1 Å². The second-order valence-corrected chi connectivity index (χ2v) is 4.66. The van der Waals surface area contributed by atoms with Crippen LogP contribution < -0.4 is 10.2 Å². The van der Waals surface area contributed by atoms with Crippen molar-refractivity contribution in [2.75, 3.05) is 13.2 Å². The third kappa shape index (κ3) is 2.96. The van der Waals surface area contributed by atoms with Crippen molar-refractivity contribution in [2.24, 2.45) is 0 Å². The predicted molar refractivity (Wildman–Crippen MR) is 82.3 cm³/mol. The van der Waals surface area contributed by atoms with Crippen molar-refractivity contribution in [1.29, 1.82) is 0 Å². The van der Waals surface area contributed by atoms with E-state index in [2.05, 4.69) is 0 Å². The molecule has 0 aliphatic carbocycles. The molecule has 2 aromatic heterocycles. The lowest BCUT2D eigenvalue weighted by atomic mass is 10.2. The van der Waals surface area contributed by atoms with Crippen LogP contribution in [0.4, 0.5) is 0 Å². The molecule has 0 radical (unpaired) electrons. The first-order valence-corrected chi connectivity index (χ1v) is 7.09. The maximum Gasteiger partial charge on any atom is 0.344 e. The minimum Gasteiger partial charge on any atom is -0.474 e. The molecule has 1 aromatic carbocycles. The van der Waals surface area contributed by atoms with Crippen LogP contribution in [0.15, 0.2) is 56.3 Å². The highest BCUT2D eigenvalue weighted by atomic mass is 16.6. The van der Waals surface area contributed by atoms with E-state index in [9.17, 15) is 9.59 Å². The summed E-state index contributed by atoms with van der Waals surface area (Å²) in [5.41, 5.74) is 0.0370. The molecule has 0 saturated heterocycles. The molecule has 118 valence electrons. The number of esters is 1. The summed E-state index contributed by atoms with van der Waals surface area (Å²) >= 11 is 0. The van der Waals surface area contributed by atoms with E-state index < -0.39 is 5.97 Å². The number of ether oxygens (including phenoxy) is 2. The fraction of sp³-hybridized carbons (Fsp3) is 0.176. The molecule has 0 atom stereocenters. The summed E-state index contributed by atoms with van der Waals surface area (Å²) < 4.78 is 21.2. The van der Waals surface area contributed by atoms with Crippen molar-refractivity contribution in [1.82, 2.24) is 0 Å². The number of furan rings is 1. The van der Waals surface area contributed by atoms with Gasteiger partial charge in [-0.3, -0.25) is 4.79 Å². The Morgan fingerprint density at radius 1 is 1.17 bits per heavy atom. The second kappa shape index (κ2) is 6.39. The van der Waals surface area contributed by atoms with Crippen LogP contribution in [-0.2, 0) is 9.53 Å². The van der Waals surface area contributed by atoms with Crippen LogP contribution in [0, 0.1) is 0 Å². The van der Waals surface area contributed by atoms with Gasteiger partial charge in [0.05, 0.1) is 18.3 Å². The number of hydrogen-bond acceptors (Lipinski definition) is 6. The monoisotopic (exact) mass is 314 g/mol. The molecule has 0 bridgehead atoms. The topological polar surface area (TPSA) is 78.9 Å². The van der Waals surface area contributed by atoms with Crippen molar-refractivity contribution in [2.45, 2.75) is 6.92 Å². The van der Waals surface area contributed by atoms with Crippen LogP contribution in [0.5, 0.6) is 5.75 Å². The van der Waals surface area contributed by atoms with Crippen LogP contribution in [-0.4, -0.2) is 19.2 Å². The van der Waals surface area contributed by atoms with Gasteiger partial charge >= 0.3 is 5.97 Å². The van der Waals surface area contributed by atoms with Crippen LogP contribution >= 0.6 is 0 Å². The summed E-state index contributed by atoms with van der Waals surface area (Å²) in [5.74, 6) is -0.160. The first-order valence-electron chi connectivity index (χ1n) is 7.09. The summed E-state index contributed by atoms with van der Waals surface area (Å²) in [4.78, 5) is 24.1. The van der Waals surface area contributed by atoms with Gasteiger partial charge in [-0.05, 0) is 31.2 Å². The van der Waals surface area contributed by atoms with E-state index >= 15 is 0 Å². The quantitative estimate of drug-likeness (QED) is 0.674. The third-order valence-corrected chi connectivity index (χ3v) is 3.14. The average molecular weight is 314 g/mol. The van der Waals surface area contributed by atoms with E-state index in [1.165, 1.54) is 6.26 Å². The van der Waals surface area contributed by atoms with Gasteiger partial charge in [-0.2, -0.15) is 0 Å². The Bertz CT molecular complexity index is 876. The zero-order chi connectivity index (χ0) is 16.2. The summed E-state index contributed by atoms with van der Waals surface area (Å²) in [7, 11) is 0. The first-order chi connectivity index (χ1) is 11.2. The van der Waals surface area contributed by atoms with E-state index in [1.807, 2.05) is 0 Å². The number of para-hydroxylation sites is 1. The summed E-state index contributed by atoms with van der Waals surface area (Å²) in [5, 5.41) is 0.363. The fourth-order valence-corrected chi connectivity index (χ4v) is 2.16. The van der Waals surface area contributed by atoms with Crippen LogP contribution in [0.2, 0.25) is 0 Å². The highest BCUT2D eigenvalue weighted by molar-refractivity contribution is 5.81. The molecule has 0 aliphatic heterocycles. The van der Waals surface area contributed by atoms with E-state index in [4.69, 9.17) is 18.3 Å². The lowest BCUT2D eigenvalue weighted by molar-refractivity contribution is -0.145. The van der Waals surface area contributed by atoms with Gasteiger partial charge in [-0.15, -0.1) is 0 Å². The van der Waals surface area contributed by atoms with E-state index in [-0.39, 0.29) is 30.2 Å². The largest absolute Gasteiger partial charge is 0.474 e. The Morgan fingerprint density at radius 3 is 2.74 bits per heavy atom. The van der Waals surface area contributed by atoms with Gasteiger partial charge in [0.2, 0.25) is 16.9 Å². The maximum absolute atomic E-state index is 12.6. The normalized spacial score (nSPS) is 10.7. The van der Waals surface area contributed by atoms with Crippen molar-refractivity contribution < 1.29 is 23.1 Å². The summed E-state index contributed by atoms with van der Waals surface area (Å²) in [6, 6.07) is 10.1. The Labute approximate surface area is 131 Å². The van der Waals surface area contributed by atoms with Gasteiger partial charge in [0, 0.05) is 0 Å².